The third kappa shape index (κ3) is 1.84. The number of carbonyl (C=O) groups is 1. The van der Waals surface area contributed by atoms with E-state index in [1.165, 1.54) is 12.1 Å². The second-order valence-electron chi connectivity index (χ2n) is 3.62. The fourth-order valence-corrected chi connectivity index (χ4v) is 1.70. The third-order valence-electron chi connectivity index (χ3n) is 2.38. The lowest BCUT2D eigenvalue weighted by molar-refractivity contribution is 0.0678. The van der Waals surface area contributed by atoms with Crippen molar-refractivity contribution in [3.63, 3.8) is 0 Å². The van der Waals surface area contributed by atoms with Crippen molar-refractivity contribution < 1.29 is 18.3 Å². The average Bonchev–Trinajstić information content (AvgIpc) is 2.55. The van der Waals surface area contributed by atoms with Crippen LogP contribution in [0.15, 0.2) is 18.2 Å². The van der Waals surface area contributed by atoms with E-state index in [0.29, 0.717) is 12.2 Å². The summed E-state index contributed by atoms with van der Waals surface area (Å²) in [7, 11) is 0. The highest BCUT2D eigenvalue weighted by Crippen LogP contribution is 2.29. The van der Waals surface area contributed by atoms with Gasteiger partial charge >= 0.3 is 6.43 Å². The molecule has 0 bridgehead atoms. The maximum Gasteiger partial charge on any atom is 0.300 e. The zero-order valence-electron chi connectivity index (χ0n) is 8.17. The van der Waals surface area contributed by atoms with Crippen LogP contribution in [0.5, 0.6) is 5.75 Å². The Bertz CT molecular complexity index is 402. The Morgan fingerprint density at radius 1 is 1.53 bits per heavy atom. The number of rotatable bonds is 2. The van der Waals surface area contributed by atoms with Gasteiger partial charge in [-0.2, -0.15) is 0 Å². The molecule has 2 nitrogen and oxygen atoms in total. The molecule has 0 aliphatic carbocycles. The Hall–Kier alpha value is -1.45. The first kappa shape index (κ1) is 10.1. The maximum absolute atomic E-state index is 12.2. The number of Topliss-reactive ketones (excluding diaryl/α,β-unsaturated/α-hetero) is 1. The lowest BCUT2D eigenvalue weighted by Gasteiger charge is -2.03. The second-order valence-corrected chi connectivity index (χ2v) is 3.62. The minimum absolute atomic E-state index is 0.0527. The summed E-state index contributed by atoms with van der Waals surface area (Å²) in [6.07, 6.45) is -2.22. The van der Waals surface area contributed by atoms with E-state index in [0.717, 1.165) is 5.56 Å². The maximum atomic E-state index is 12.2. The first-order valence-electron chi connectivity index (χ1n) is 4.70. The molecule has 1 aromatic carbocycles. The Kier molecular flexibility index (Phi) is 2.42. The Labute approximate surface area is 85.9 Å². The number of halogens is 2. The molecule has 0 spiro atoms. The number of carbonyl (C=O) groups excluding carboxylic acids is 1. The van der Waals surface area contributed by atoms with Gasteiger partial charge in [0.2, 0.25) is 5.78 Å². The van der Waals surface area contributed by atoms with Gasteiger partial charge in [0.25, 0.3) is 0 Å². The molecule has 1 aliphatic rings. The number of alkyl halides is 2. The van der Waals surface area contributed by atoms with E-state index >= 15 is 0 Å². The monoisotopic (exact) mass is 212 g/mol. The van der Waals surface area contributed by atoms with Gasteiger partial charge in [-0.3, -0.25) is 4.79 Å². The molecule has 0 fully saturated rings. The Morgan fingerprint density at radius 2 is 2.27 bits per heavy atom. The normalized spacial score (nSPS) is 18.8. The van der Waals surface area contributed by atoms with Crippen molar-refractivity contribution in [3.8, 4) is 5.75 Å². The van der Waals surface area contributed by atoms with Crippen LogP contribution in [-0.4, -0.2) is 18.3 Å². The van der Waals surface area contributed by atoms with Crippen LogP contribution in [-0.2, 0) is 6.42 Å². The number of ether oxygens (including phenoxy) is 1. The highest BCUT2D eigenvalue weighted by atomic mass is 19.3. The van der Waals surface area contributed by atoms with Crippen molar-refractivity contribution in [2.24, 2.45) is 0 Å². The Balaban J connectivity index is 2.31. The van der Waals surface area contributed by atoms with Crippen LogP contribution < -0.4 is 4.74 Å². The van der Waals surface area contributed by atoms with E-state index in [-0.39, 0.29) is 11.7 Å². The minimum atomic E-state index is -2.94. The van der Waals surface area contributed by atoms with E-state index in [1.54, 1.807) is 6.07 Å². The summed E-state index contributed by atoms with van der Waals surface area (Å²) in [5.74, 6) is -0.439. The van der Waals surface area contributed by atoms with Gasteiger partial charge in [-0.1, -0.05) is 0 Å². The molecule has 15 heavy (non-hydrogen) atoms. The summed E-state index contributed by atoms with van der Waals surface area (Å²) in [6.45, 7) is 1.90. The molecule has 0 N–H and O–H groups in total. The molecule has 1 aromatic rings. The minimum Gasteiger partial charge on any atom is -0.490 e. The number of benzene rings is 1. The van der Waals surface area contributed by atoms with Gasteiger partial charge in [-0.25, -0.2) is 8.78 Å². The lowest BCUT2D eigenvalue weighted by Crippen LogP contribution is -2.10. The molecule has 4 heteroatoms. The topological polar surface area (TPSA) is 26.3 Å². The first-order valence-corrected chi connectivity index (χ1v) is 4.70. The second kappa shape index (κ2) is 3.61. The van der Waals surface area contributed by atoms with Gasteiger partial charge in [-0.15, -0.1) is 0 Å². The first-order chi connectivity index (χ1) is 7.08. The summed E-state index contributed by atoms with van der Waals surface area (Å²) in [6, 6.07) is 4.45. The SMILES string of the molecule is CC1Cc2cc(C(=O)C(F)F)ccc2O1. The van der Waals surface area contributed by atoms with Gasteiger partial charge in [0.1, 0.15) is 11.9 Å². The third-order valence-corrected chi connectivity index (χ3v) is 2.38. The predicted molar refractivity (Wildman–Crippen MR) is 50.6 cm³/mol. The molecule has 1 aliphatic heterocycles. The zero-order chi connectivity index (χ0) is 11.0. The molecule has 1 atom stereocenters. The van der Waals surface area contributed by atoms with Crippen molar-refractivity contribution in [2.45, 2.75) is 25.9 Å². The molecule has 0 amide bonds. The number of hydrogen-bond donors (Lipinski definition) is 0. The van der Waals surface area contributed by atoms with E-state index in [4.69, 9.17) is 4.74 Å². The summed E-state index contributed by atoms with van der Waals surface area (Å²) >= 11 is 0. The van der Waals surface area contributed by atoms with E-state index in [1.807, 2.05) is 6.92 Å². The van der Waals surface area contributed by atoms with E-state index in [2.05, 4.69) is 0 Å². The predicted octanol–water partition coefficient (Wildman–Crippen LogP) is 2.46. The number of fused-ring (bicyclic) bond motifs is 1. The quantitative estimate of drug-likeness (QED) is 0.704. The van der Waals surface area contributed by atoms with Gasteiger partial charge in [0.15, 0.2) is 0 Å². The van der Waals surface area contributed by atoms with Crippen LogP contribution in [0, 0.1) is 0 Å². The van der Waals surface area contributed by atoms with Gasteiger partial charge < -0.3 is 4.74 Å². The molecule has 0 radical (unpaired) electrons. The van der Waals surface area contributed by atoms with Gasteiger partial charge in [0, 0.05) is 12.0 Å². The lowest BCUT2D eigenvalue weighted by atomic mass is 10.0. The van der Waals surface area contributed by atoms with E-state index in [9.17, 15) is 13.6 Å². The highest BCUT2D eigenvalue weighted by molar-refractivity contribution is 5.98. The van der Waals surface area contributed by atoms with Crippen LogP contribution >= 0.6 is 0 Å². The number of ketones is 1. The largest absolute Gasteiger partial charge is 0.490 e. The highest BCUT2D eigenvalue weighted by Gasteiger charge is 2.23. The molecular weight excluding hydrogens is 202 g/mol. The zero-order valence-corrected chi connectivity index (χ0v) is 8.17. The van der Waals surface area contributed by atoms with Crippen molar-refractivity contribution in [1.82, 2.24) is 0 Å². The standard InChI is InChI=1S/C11H10F2O2/c1-6-4-8-5-7(10(14)11(12)13)2-3-9(8)15-6/h2-3,5-6,11H,4H2,1H3. The molecular formula is C11H10F2O2. The molecule has 1 heterocycles. The van der Waals surface area contributed by atoms with Crippen molar-refractivity contribution in [3.05, 3.63) is 29.3 Å². The summed E-state index contributed by atoms with van der Waals surface area (Å²) in [5.41, 5.74) is 0.885. The van der Waals surface area contributed by atoms with Crippen molar-refractivity contribution >= 4 is 5.78 Å². The van der Waals surface area contributed by atoms with E-state index < -0.39 is 12.2 Å². The molecule has 0 aromatic heterocycles. The van der Waals surface area contributed by atoms with Crippen LogP contribution in [0.1, 0.15) is 22.8 Å². The van der Waals surface area contributed by atoms with Crippen molar-refractivity contribution in [2.75, 3.05) is 0 Å². The van der Waals surface area contributed by atoms with Crippen LogP contribution in [0.3, 0.4) is 0 Å². The number of hydrogen-bond acceptors (Lipinski definition) is 2. The molecule has 0 saturated heterocycles. The van der Waals surface area contributed by atoms with Gasteiger partial charge in [-0.05, 0) is 30.7 Å². The molecule has 0 saturated carbocycles. The Morgan fingerprint density at radius 3 is 2.93 bits per heavy atom. The van der Waals surface area contributed by atoms with Crippen LogP contribution in [0.25, 0.3) is 0 Å². The van der Waals surface area contributed by atoms with Gasteiger partial charge in [0.05, 0.1) is 0 Å². The van der Waals surface area contributed by atoms with Crippen LogP contribution in [0.2, 0.25) is 0 Å². The fraction of sp³-hybridized carbons (Fsp3) is 0.364. The summed E-state index contributed by atoms with van der Waals surface area (Å²) < 4.78 is 29.7. The summed E-state index contributed by atoms with van der Waals surface area (Å²) in [5, 5.41) is 0. The molecule has 80 valence electrons. The molecule has 2 rings (SSSR count). The van der Waals surface area contributed by atoms with Crippen LogP contribution in [0.4, 0.5) is 8.78 Å². The molecule has 1 unspecified atom stereocenters. The summed E-state index contributed by atoms with van der Waals surface area (Å²) in [4.78, 5) is 11.0. The fourth-order valence-electron chi connectivity index (χ4n) is 1.70. The smallest absolute Gasteiger partial charge is 0.300 e. The average molecular weight is 212 g/mol. The van der Waals surface area contributed by atoms with Crippen molar-refractivity contribution in [1.29, 1.82) is 0 Å².